The monoisotopic (exact) mass is 388 g/mol. The maximum Gasteiger partial charge on any atom is 0.250 e. The third-order valence-corrected chi connectivity index (χ3v) is 6.08. The molecule has 7 heteroatoms. The Morgan fingerprint density at radius 1 is 1.19 bits per heavy atom. The number of carbonyl (C=O) groups is 1. The fraction of sp³-hybridized carbons (Fsp3) is 0.350. The molecule has 0 spiro atoms. The number of benzene rings is 2. The number of para-hydroxylation sites is 1. The van der Waals surface area contributed by atoms with Gasteiger partial charge in [0.25, 0.3) is 5.91 Å². The van der Waals surface area contributed by atoms with Crippen LogP contribution in [0.5, 0.6) is 5.75 Å². The van der Waals surface area contributed by atoms with Crippen molar-refractivity contribution in [1.29, 1.82) is 0 Å². The van der Waals surface area contributed by atoms with Crippen molar-refractivity contribution in [3.05, 3.63) is 54.1 Å². The normalized spacial score (nSPS) is 17.3. The quantitative estimate of drug-likeness (QED) is 0.790. The van der Waals surface area contributed by atoms with E-state index in [1.54, 1.807) is 43.2 Å². The van der Waals surface area contributed by atoms with Gasteiger partial charge in [0, 0.05) is 11.7 Å². The van der Waals surface area contributed by atoms with Crippen molar-refractivity contribution in [3.8, 4) is 5.75 Å². The topological polar surface area (TPSA) is 66.9 Å². The Morgan fingerprint density at radius 2 is 1.81 bits per heavy atom. The van der Waals surface area contributed by atoms with Gasteiger partial charge in [0.2, 0.25) is 10.0 Å². The first-order chi connectivity index (χ1) is 12.7. The lowest BCUT2D eigenvalue weighted by Crippen LogP contribution is -2.51. The summed E-state index contributed by atoms with van der Waals surface area (Å²) in [5.41, 5.74) is 2.38. The number of sulfonamides is 1. The SMILES string of the molecule is COc1ccc(N([C@@H](C)C(=O)N2c3ccccc3C[C@@H]2C)S(C)(=O)=O)cc1. The number of ether oxygens (including phenoxy) is 1. The van der Waals surface area contributed by atoms with Gasteiger partial charge in [0.1, 0.15) is 11.8 Å². The molecule has 0 unspecified atom stereocenters. The molecule has 0 aromatic heterocycles. The van der Waals surface area contributed by atoms with E-state index < -0.39 is 16.1 Å². The van der Waals surface area contributed by atoms with Gasteiger partial charge < -0.3 is 9.64 Å². The highest BCUT2D eigenvalue weighted by atomic mass is 32.2. The van der Waals surface area contributed by atoms with Gasteiger partial charge in [-0.05, 0) is 56.2 Å². The zero-order chi connectivity index (χ0) is 19.8. The van der Waals surface area contributed by atoms with Crippen LogP contribution >= 0.6 is 0 Å². The molecule has 1 aliphatic rings. The highest BCUT2D eigenvalue weighted by molar-refractivity contribution is 7.92. The summed E-state index contributed by atoms with van der Waals surface area (Å²) < 4.78 is 31.3. The van der Waals surface area contributed by atoms with E-state index in [-0.39, 0.29) is 11.9 Å². The van der Waals surface area contributed by atoms with E-state index in [0.29, 0.717) is 11.4 Å². The van der Waals surface area contributed by atoms with Gasteiger partial charge in [-0.15, -0.1) is 0 Å². The molecule has 2 atom stereocenters. The van der Waals surface area contributed by atoms with Gasteiger partial charge in [0.05, 0.1) is 19.1 Å². The Morgan fingerprint density at radius 3 is 2.41 bits per heavy atom. The number of hydrogen-bond donors (Lipinski definition) is 0. The highest BCUT2D eigenvalue weighted by Gasteiger charge is 2.37. The maximum absolute atomic E-state index is 13.3. The van der Waals surface area contributed by atoms with E-state index in [2.05, 4.69) is 0 Å². The van der Waals surface area contributed by atoms with Gasteiger partial charge in [-0.3, -0.25) is 9.10 Å². The van der Waals surface area contributed by atoms with Crippen LogP contribution in [0, 0.1) is 0 Å². The molecule has 1 aliphatic heterocycles. The third kappa shape index (κ3) is 3.64. The summed E-state index contributed by atoms with van der Waals surface area (Å²) in [5.74, 6) is 0.377. The molecule has 0 saturated heterocycles. The molecule has 0 aliphatic carbocycles. The lowest BCUT2D eigenvalue weighted by atomic mass is 10.1. The first-order valence-corrected chi connectivity index (χ1v) is 10.6. The summed E-state index contributed by atoms with van der Waals surface area (Å²) >= 11 is 0. The number of methoxy groups -OCH3 is 1. The Hall–Kier alpha value is -2.54. The van der Waals surface area contributed by atoms with Crippen LogP contribution in [-0.2, 0) is 21.2 Å². The molecule has 2 aromatic rings. The van der Waals surface area contributed by atoms with Crippen molar-refractivity contribution < 1.29 is 17.9 Å². The summed E-state index contributed by atoms with van der Waals surface area (Å²) in [6.45, 7) is 3.60. The second-order valence-electron chi connectivity index (χ2n) is 6.82. The molecular weight excluding hydrogens is 364 g/mol. The predicted molar refractivity (Wildman–Crippen MR) is 107 cm³/mol. The highest BCUT2D eigenvalue weighted by Crippen LogP contribution is 2.34. The Labute approximate surface area is 160 Å². The van der Waals surface area contributed by atoms with E-state index in [1.807, 2.05) is 31.2 Å². The molecule has 27 heavy (non-hydrogen) atoms. The van der Waals surface area contributed by atoms with Crippen LogP contribution in [0.15, 0.2) is 48.5 Å². The largest absolute Gasteiger partial charge is 0.497 e. The van der Waals surface area contributed by atoms with Crippen molar-refractivity contribution in [2.75, 3.05) is 22.6 Å². The Kier molecular flexibility index (Phi) is 5.15. The van der Waals surface area contributed by atoms with Crippen molar-refractivity contribution in [1.82, 2.24) is 0 Å². The summed E-state index contributed by atoms with van der Waals surface area (Å²) in [4.78, 5) is 15.0. The van der Waals surface area contributed by atoms with Crippen LogP contribution in [0.3, 0.4) is 0 Å². The van der Waals surface area contributed by atoms with Crippen molar-refractivity contribution in [3.63, 3.8) is 0 Å². The second-order valence-corrected chi connectivity index (χ2v) is 8.68. The molecule has 6 nitrogen and oxygen atoms in total. The number of fused-ring (bicyclic) bond motifs is 1. The molecule has 0 radical (unpaired) electrons. The zero-order valence-electron chi connectivity index (χ0n) is 15.9. The first-order valence-electron chi connectivity index (χ1n) is 8.78. The van der Waals surface area contributed by atoms with Crippen LogP contribution in [-0.4, -0.2) is 39.8 Å². The van der Waals surface area contributed by atoms with E-state index in [9.17, 15) is 13.2 Å². The van der Waals surface area contributed by atoms with Crippen LogP contribution in [0.1, 0.15) is 19.4 Å². The molecule has 0 fully saturated rings. The molecule has 0 bridgehead atoms. The minimum absolute atomic E-state index is 0.0189. The number of anilines is 2. The molecule has 2 aromatic carbocycles. The summed E-state index contributed by atoms with van der Waals surface area (Å²) in [7, 11) is -2.12. The van der Waals surface area contributed by atoms with E-state index >= 15 is 0 Å². The minimum atomic E-state index is -3.66. The Balaban J connectivity index is 1.97. The molecule has 0 N–H and O–H groups in total. The number of nitrogens with zero attached hydrogens (tertiary/aromatic N) is 2. The van der Waals surface area contributed by atoms with Gasteiger partial charge in [-0.2, -0.15) is 0 Å². The summed E-state index contributed by atoms with van der Waals surface area (Å²) in [5, 5.41) is 0. The predicted octanol–water partition coefficient (Wildman–Crippen LogP) is 2.83. The third-order valence-electron chi connectivity index (χ3n) is 4.84. The molecule has 1 heterocycles. The van der Waals surface area contributed by atoms with Crippen LogP contribution in [0.25, 0.3) is 0 Å². The minimum Gasteiger partial charge on any atom is -0.497 e. The van der Waals surface area contributed by atoms with Gasteiger partial charge in [-0.1, -0.05) is 18.2 Å². The number of carbonyl (C=O) groups excluding carboxylic acids is 1. The molecule has 3 rings (SSSR count). The van der Waals surface area contributed by atoms with Crippen LogP contribution < -0.4 is 13.9 Å². The second kappa shape index (κ2) is 7.23. The van der Waals surface area contributed by atoms with Gasteiger partial charge in [0.15, 0.2) is 0 Å². The molecule has 1 amide bonds. The van der Waals surface area contributed by atoms with Crippen molar-refractivity contribution in [2.24, 2.45) is 0 Å². The molecular formula is C20H24N2O4S. The smallest absolute Gasteiger partial charge is 0.250 e. The van der Waals surface area contributed by atoms with Gasteiger partial charge in [-0.25, -0.2) is 8.42 Å². The average Bonchev–Trinajstić information content (AvgIpc) is 2.96. The zero-order valence-corrected chi connectivity index (χ0v) is 16.7. The van der Waals surface area contributed by atoms with Crippen LogP contribution in [0.2, 0.25) is 0 Å². The van der Waals surface area contributed by atoms with E-state index in [0.717, 1.165) is 23.9 Å². The fourth-order valence-electron chi connectivity index (χ4n) is 3.63. The Bertz CT molecular complexity index is 941. The van der Waals surface area contributed by atoms with Crippen molar-refractivity contribution in [2.45, 2.75) is 32.4 Å². The summed E-state index contributed by atoms with van der Waals surface area (Å²) in [6.07, 6.45) is 1.87. The average molecular weight is 388 g/mol. The summed E-state index contributed by atoms with van der Waals surface area (Å²) in [6, 6.07) is 13.5. The number of amides is 1. The van der Waals surface area contributed by atoms with Gasteiger partial charge >= 0.3 is 0 Å². The van der Waals surface area contributed by atoms with E-state index in [4.69, 9.17) is 4.74 Å². The lowest BCUT2D eigenvalue weighted by molar-refractivity contribution is -0.119. The van der Waals surface area contributed by atoms with Crippen LogP contribution in [0.4, 0.5) is 11.4 Å². The standard InChI is InChI=1S/C20H24N2O4S/c1-14-13-16-7-5-6-8-19(16)21(14)20(23)15(2)22(27(4,24)25)17-9-11-18(26-3)12-10-17/h5-12,14-15H,13H2,1-4H3/t14-,15-/m0/s1. The maximum atomic E-state index is 13.3. The molecule has 144 valence electrons. The number of hydrogen-bond acceptors (Lipinski definition) is 4. The lowest BCUT2D eigenvalue weighted by Gasteiger charge is -2.33. The fourth-order valence-corrected chi connectivity index (χ4v) is 4.80. The van der Waals surface area contributed by atoms with Crippen molar-refractivity contribution >= 4 is 27.3 Å². The molecule has 0 saturated carbocycles. The van der Waals surface area contributed by atoms with E-state index in [1.165, 1.54) is 4.31 Å². The first kappa shape index (κ1) is 19.2. The number of rotatable bonds is 5.